The van der Waals surface area contributed by atoms with E-state index >= 15 is 0 Å². The maximum absolute atomic E-state index is 11.9. The summed E-state index contributed by atoms with van der Waals surface area (Å²) >= 11 is 0. The zero-order chi connectivity index (χ0) is 13.1. The third-order valence-corrected chi connectivity index (χ3v) is 3.05. The number of amides is 2. The molecular weight excluding hydrogens is 218 g/mol. The number of carbonyl (C=O) groups excluding carboxylic acids is 1. The highest BCUT2D eigenvalue weighted by Crippen LogP contribution is 2.09. The molecule has 1 aliphatic rings. The van der Waals surface area contributed by atoms with Crippen LogP contribution in [0.15, 0.2) is 0 Å². The smallest absolute Gasteiger partial charge is 0.319 e. The third-order valence-electron chi connectivity index (χ3n) is 3.05. The van der Waals surface area contributed by atoms with Crippen LogP contribution in [0, 0.1) is 0 Å². The largest absolute Gasteiger partial charge is 0.389 e. The molecule has 0 bridgehead atoms. The van der Waals surface area contributed by atoms with Gasteiger partial charge in [0.05, 0.1) is 5.60 Å². The average Bonchev–Trinajstić information content (AvgIpc) is 2.26. The highest BCUT2D eigenvalue weighted by Gasteiger charge is 2.25. The number of urea groups is 1. The van der Waals surface area contributed by atoms with Crippen LogP contribution in [0.4, 0.5) is 4.79 Å². The molecule has 1 aliphatic heterocycles. The summed E-state index contributed by atoms with van der Waals surface area (Å²) in [6.07, 6.45) is 0. The van der Waals surface area contributed by atoms with E-state index in [1.165, 1.54) is 0 Å². The predicted octanol–water partition coefficient (Wildman–Crippen LogP) is 0.447. The lowest BCUT2D eigenvalue weighted by atomic mass is 10.1. The molecule has 2 amide bonds. The van der Waals surface area contributed by atoms with Crippen molar-refractivity contribution in [2.24, 2.45) is 0 Å². The van der Waals surface area contributed by atoms with Crippen LogP contribution in [0.3, 0.4) is 0 Å². The SMILES string of the molecule is CCN(C)C(=O)N1CCN(CC(C)(C)O)CC1. The maximum Gasteiger partial charge on any atom is 0.319 e. The van der Waals surface area contributed by atoms with Crippen molar-refractivity contribution in [1.29, 1.82) is 0 Å². The van der Waals surface area contributed by atoms with Crippen LogP contribution < -0.4 is 0 Å². The number of piperazine rings is 1. The molecule has 1 rings (SSSR count). The zero-order valence-electron chi connectivity index (χ0n) is 11.4. The minimum Gasteiger partial charge on any atom is -0.389 e. The van der Waals surface area contributed by atoms with Crippen molar-refractivity contribution >= 4 is 6.03 Å². The molecule has 0 spiro atoms. The lowest BCUT2D eigenvalue weighted by Gasteiger charge is -2.38. The fourth-order valence-corrected chi connectivity index (χ4v) is 2.02. The molecule has 1 saturated heterocycles. The molecular formula is C12H25N3O2. The second-order valence-electron chi connectivity index (χ2n) is 5.37. The standard InChI is InChI=1S/C12H25N3O2/c1-5-13(4)11(16)15-8-6-14(7-9-15)10-12(2,3)17/h17H,5-10H2,1-4H3. The van der Waals surface area contributed by atoms with Gasteiger partial charge in [-0.15, -0.1) is 0 Å². The van der Waals surface area contributed by atoms with E-state index in [-0.39, 0.29) is 6.03 Å². The molecule has 0 unspecified atom stereocenters. The molecule has 0 radical (unpaired) electrons. The summed E-state index contributed by atoms with van der Waals surface area (Å²) in [5, 5.41) is 9.74. The number of carbonyl (C=O) groups is 1. The summed E-state index contributed by atoms with van der Waals surface area (Å²) < 4.78 is 0. The second-order valence-corrected chi connectivity index (χ2v) is 5.37. The number of rotatable bonds is 3. The number of aliphatic hydroxyl groups is 1. The van der Waals surface area contributed by atoms with Gasteiger partial charge in [0.1, 0.15) is 0 Å². The molecule has 1 fully saturated rings. The number of nitrogens with zero attached hydrogens (tertiary/aromatic N) is 3. The summed E-state index contributed by atoms with van der Waals surface area (Å²) in [6.45, 7) is 10.2. The van der Waals surface area contributed by atoms with E-state index in [1.807, 2.05) is 32.7 Å². The van der Waals surface area contributed by atoms with E-state index in [1.54, 1.807) is 4.90 Å². The first kappa shape index (κ1) is 14.3. The van der Waals surface area contributed by atoms with Gasteiger partial charge >= 0.3 is 6.03 Å². The normalized spacial score (nSPS) is 18.3. The van der Waals surface area contributed by atoms with Gasteiger partial charge in [0.2, 0.25) is 0 Å². The van der Waals surface area contributed by atoms with Crippen molar-refractivity contribution in [2.75, 3.05) is 46.3 Å². The van der Waals surface area contributed by atoms with Crippen LogP contribution in [0.2, 0.25) is 0 Å². The Morgan fingerprint density at radius 2 is 1.82 bits per heavy atom. The van der Waals surface area contributed by atoms with E-state index in [9.17, 15) is 9.90 Å². The molecule has 0 aromatic heterocycles. The van der Waals surface area contributed by atoms with E-state index < -0.39 is 5.60 Å². The Hall–Kier alpha value is -0.810. The van der Waals surface area contributed by atoms with Crippen molar-refractivity contribution in [3.63, 3.8) is 0 Å². The number of β-amino-alcohol motifs (C(OH)–C–C–N with tert-alkyl or cyclic N) is 1. The molecule has 0 aromatic carbocycles. The van der Waals surface area contributed by atoms with Crippen LogP contribution in [-0.4, -0.2) is 77.8 Å². The average molecular weight is 243 g/mol. The lowest BCUT2D eigenvalue weighted by molar-refractivity contribution is 0.0209. The highest BCUT2D eigenvalue weighted by atomic mass is 16.3. The Bertz CT molecular complexity index is 255. The fourth-order valence-electron chi connectivity index (χ4n) is 2.02. The number of hydrogen-bond acceptors (Lipinski definition) is 3. The quantitative estimate of drug-likeness (QED) is 0.783. The minimum absolute atomic E-state index is 0.107. The number of hydrogen-bond donors (Lipinski definition) is 1. The molecule has 0 aromatic rings. The summed E-state index contributed by atoms with van der Waals surface area (Å²) in [5.74, 6) is 0. The fraction of sp³-hybridized carbons (Fsp3) is 0.917. The van der Waals surface area contributed by atoms with Crippen molar-refractivity contribution in [1.82, 2.24) is 14.7 Å². The summed E-state index contributed by atoms with van der Waals surface area (Å²) in [5.41, 5.74) is -0.660. The predicted molar refractivity (Wildman–Crippen MR) is 68.0 cm³/mol. The molecule has 0 aliphatic carbocycles. The van der Waals surface area contributed by atoms with E-state index in [2.05, 4.69) is 4.90 Å². The van der Waals surface area contributed by atoms with Crippen molar-refractivity contribution in [3.05, 3.63) is 0 Å². The first-order chi connectivity index (χ1) is 7.83. The zero-order valence-corrected chi connectivity index (χ0v) is 11.4. The van der Waals surface area contributed by atoms with Gasteiger partial charge in [0.25, 0.3) is 0 Å². The van der Waals surface area contributed by atoms with Gasteiger partial charge in [0.15, 0.2) is 0 Å². The van der Waals surface area contributed by atoms with Crippen LogP contribution in [0.1, 0.15) is 20.8 Å². The highest BCUT2D eigenvalue weighted by molar-refractivity contribution is 5.74. The Morgan fingerprint density at radius 3 is 2.24 bits per heavy atom. The third kappa shape index (κ3) is 4.52. The van der Waals surface area contributed by atoms with E-state index in [0.717, 1.165) is 32.7 Å². The Kier molecular flexibility index (Phi) is 4.77. The Labute approximate surface area is 104 Å². The van der Waals surface area contributed by atoms with Crippen LogP contribution in [0.25, 0.3) is 0 Å². The van der Waals surface area contributed by atoms with E-state index in [4.69, 9.17) is 0 Å². The first-order valence-corrected chi connectivity index (χ1v) is 6.28. The summed E-state index contributed by atoms with van der Waals surface area (Å²) in [7, 11) is 1.82. The van der Waals surface area contributed by atoms with Gasteiger partial charge in [-0.3, -0.25) is 4.90 Å². The molecule has 1 heterocycles. The van der Waals surface area contributed by atoms with Gasteiger partial charge in [-0.25, -0.2) is 4.79 Å². The molecule has 1 N–H and O–H groups in total. The van der Waals surface area contributed by atoms with Gasteiger partial charge in [-0.1, -0.05) is 0 Å². The minimum atomic E-state index is -0.660. The van der Waals surface area contributed by atoms with E-state index in [0.29, 0.717) is 6.54 Å². The molecule has 0 saturated carbocycles. The summed E-state index contributed by atoms with van der Waals surface area (Å²) in [6, 6.07) is 0.107. The second kappa shape index (κ2) is 5.69. The van der Waals surface area contributed by atoms with Crippen LogP contribution in [0.5, 0.6) is 0 Å². The van der Waals surface area contributed by atoms with Crippen molar-refractivity contribution in [2.45, 2.75) is 26.4 Å². The van der Waals surface area contributed by atoms with Crippen molar-refractivity contribution < 1.29 is 9.90 Å². The molecule has 5 nitrogen and oxygen atoms in total. The van der Waals surface area contributed by atoms with Crippen LogP contribution >= 0.6 is 0 Å². The lowest BCUT2D eigenvalue weighted by Crippen LogP contribution is -2.54. The maximum atomic E-state index is 11.9. The monoisotopic (exact) mass is 243 g/mol. The Balaban J connectivity index is 2.38. The molecule has 0 atom stereocenters. The summed E-state index contributed by atoms with van der Waals surface area (Å²) in [4.78, 5) is 17.7. The first-order valence-electron chi connectivity index (χ1n) is 6.28. The van der Waals surface area contributed by atoms with Crippen molar-refractivity contribution in [3.8, 4) is 0 Å². The topological polar surface area (TPSA) is 47.0 Å². The Morgan fingerprint density at radius 1 is 1.29 bits per heavy atom. The molecule has 17 heavy (non-hydrogen) atoms. The molecule has 100 valence electrons. The van der Waals surface area contributed by atoms with Gasteiger partial charge in [-0.2, -0.15) is 0 Å². The van der Waals surface area contributed by atoms with Gasteiger partial charge in [0, 0.05) is 46.3 Å². The van der Waals surface area contributed by atoms with Crippen LogP contribution in [-0.2, 0) is 0 Å². The molecule has 5 heteroatoms. The van der Waals surface area contributed by atoms with Gasteiger partial charge in [-0.05, 0) is 20.8 Å². The van der Waals surface area contributed by atoms with Gasteiger partial charge < -0.3 is 14.9 Å².